The van der Waals surface area contributed by atoms with Crippen LogP contribution in [0.1, 0.15) is 10.4 Å². The third kappa shape index (κ3) is 3.50. The van der Waals surface area contributed by atoms with Gasteiger partial charge >= 0.3 is 5.97 Å². The second kappa shape index (κ2) is 6.11. The van der Waals surface area contributed by atoms with Crippen LogP contribution in [0.3, 0.4) is 0 Å². The fourth-order valence-electron chi connectivity index (χ4n) is 1.52. The first kappa shape index (κ1) is 15.3. The number of benzene rings is 2. The largest absolute Gasteiger partial charge is 0.478 e. The molecule has 5 nitrogen and oxygen atoms in total. The Morgan fingerprint density at radius 1 is 1.24 bits per heavy atom. The van der Waals surface area contributed by atoms with Gasteiger partial charge in [-0.2, -0.15) is 0 Å². The summed E-state index contributed by atoms with van der Waals surface area (Å²) < 4.78 is 13.7. The smallest absolute Gasteiger partial charge is 0.335 e. The molecular weight excluding hydrogens is 321 g/mol. The van der Waals surface area contributed by atoms with Crippen LogP contribution in [-0.4, -0.2) is 16.0 Å². The number of carboxylic acids is 1. The number of nitro benzene ring substituents is 1. The molecule has 0 aromatic heterocycles. The Labute approximate surface area is 127 Å². The zero-order valence-electron chi connectivity index (χ0n) is 10.2. The maximum Gasteiger partial charge on any atom is 0.335 e. The first-order valence-electron chi connectivity index (χ1n) is 5.53. The quantitative estimate of drug-likeness (QED) is 0.671. The number of halogens is 2. The summed E-state index contributed by atoms with van der Waals surface area (Å²) >= 11 is 6.81. The second-order valence-electron chi connectivity index (χ2n) is 3.92. The van der Waals surface area contributed by atoms with Gasteiger partial charge in [0.15, 0.2) is 0 Å². The molecule has 0 amide bonds. The van der Waals surface area contributed by atoms with E-state index in [4.69, 9.17) is 16.7 Å². The van der Waals surface area contributed by atoms with E-state index in [0.29, 0.717) is 4.90 Å². The van der Waals surface area contributed by atoms with Crippen molar-refractivity contribution in [2.75, 3.05) is 0 Å². The van der Waals surface area contributed by atoms with Gasteiger partial charge in [-0.15, -0.1) is 0 Å². The SMILES string of the molecule is O=C(O)c1ccc(F)c(Sc2ccc([N+](=O)[O-])cc2Cl)c1. The Morgan fingerprint density at radius 2 is 1.95 bits per heavy atom. The molecule has 108 valence electrons. The molecule has 0 fully saturated rings. The molecule has 2 aromatic carbocycles. The van der Waals surface area contributed by atoms with Crippen molar-refractivity contribution >= 4 is 35.0 Å². The molecule has 0 aliphatic carbocycles. The van der Waals surface area contributed by atoms with Gasteiger partial charge in [0.1, 0.15) is 5.82 Å². The Kier molecular flexibility index (Phi) is 4.44. The summed E-state index contributed by atoms with van der Waals surface area (Å²) in [5, 5.41) is 19.6. The topological polar surface area (TPSA) is 80.4 Å². The Balaban J connectivity index is 2.36. The third-order valence-electron chi connectivity index (χ3n) is 2.52. The first-order valence-corrected chi connectivity index (χ1v) is 6.72. The minimum Gasteiger partial charge on any atom is -0.478 e. The number of hydrogen-bond donors (Lipinski definition) is 1. The number of rotatable bonds is 4. The fourth-order valence-corrected chi connectivity index (χ4v) is 2.69. The van der Waals surface area contributed by atoms with Crippen LogP contribution in [0.2, 0.25) is 5.02 Å². The Hall–Kier alpha value is -2.12. The lowest BCUT2D eigenvalue weighted by molar-refractivity contribution is -0.384. The van der Waals surface area contributed by atoms with Crippen LogP contribution in [0.5, 0.6) is 0 Å². The Bertz CT molecular complexity index is 738. The number of nitrogens with zero attached hydrogens (tertiary/aromatic N) is 1. The molecule has 0 spiro atoms. The van der Waals surface area contributed by atoms with E-state index in [1.165, 1.54) is 18.2 Å². The molecule has 21 heavy (non-hydrogen) atoms. The number of aromatic carboxylic acids is 1. The molecule has 2 rings (SSSR count). The van der Waals surface area contributed by atoms with Crippen molar-refractivity contribution < 1.29 is 19.2 Å². The van der Waals surface area contributed by atoms with Crippen LogP contribution in [0, 0.1) is 15.9 Å². The minimum atomic E-state index is -1.17. The summed E-state index contributed by atoms with van der Waals surface area (Å²) in [6.45, 7) is 0. The van der Waals surface area contributed by atoms with E-state index >= 15 is 0 Å². The average Bonchev–Trinajstić information content (AvgIpc) is 2.42. The van der Waals surface area contributed by atoms with E-state index in [9.17, 15) is 19.3 Å². The van der Waals surface area contributed by atoms with Gasteiger partial charge in [-0.1, -0.05) is 23.4 Å². The molecule has 0 radical (unpaired) electrons. The van der Waals surface area contributed by atoms with Gasteiger partial charge in [-0.25, -0.2) is 9.18 Å². The maximum atomic E-state index is 13.7. The number of nitro groups is 1. The van der Waals surface area contributed by atoms with Crippen molar-refractivity contribution in [2.24, 2.45) is 0 Å². The summed E-state index contributed by atoms with van der Waals surface area (Å²) in [4.78, 5) is 21.4. The van der Waals surface area contributed by atoms with Gasteiger partial charge in [-0.05, 0) is 24.3 Å². The van der Waals surface area contributed by atoms with Gasteiger partial charge in [0, 0.05) is 21.9 Å². The summed E-state index contributed by atoms with van der Waals surface area (Å²) in [6.07, 6.45) is 0. The molecule has 0 bridgehead atoms. The van der Waals surface area contributed by atoms with Crippen molar-refractivity contribution in [1.29, 1.82) is 0 Å². The van der Waals surface area contributed by atoms with Crippen LogP contribution in [-0.2, 0) is 0 Å². The first-order chi connectivity index (χ1) is 9.88. The zero-order chi connectivity index (χ0) is 15.6. The lowest BCUT2D eigenvalue weighted by Gasteiger charge is -2.06. The van der Waals surface area contributed by atoms with Crippen molar-refractivity contribution in [3.63, 3.8) is 0 Å². The highest BCUT2D eigenvalue weighted by Gasteiger charge is 2.14. The van der Waals surface area contributed by atoms with Crippen LogP contribution < -0.4 is 0 Å². The van der Waals surface area contributed by atoms with E-state index in [1.807, 2.05) is 0 Å². The standard InChI is InChI=1S/C13H7ClFNO4S/c14-9-6-8(16(19)20)2-4-11(9)21-12-5-7(13(17)18)1-3-10(12)15/h1-6H,(H,17,18). The molecular formula is C13H7ClFNO4S. The maximum absolute atomic E-state index is 13.7. The highest BCUT2D eigenvalue weighted by Crippen LogP contribution is 2.36. The molecule has 0 aliphatic heterocycles. The summed E-state index contributed by atoms with van der Waals surface area (Å²) in [6, 6.07) is 7.17. The van der Waals surface area contributed by atoms with Crippen molar-refractivity contribution in [1.82, 2.24) is 0 Å². The molecule has 0 atom stereocenters. The molecule has 0 unspecified atom stereocenters. The predicted octanol–water partition coefficient (Wildman–Crippen LogP) is 4.24. The molecule has 0 saturated carbocycles. The average molecular weight is 328 g/mol. The van der Waals surface area contributed by atoms with E-state index in [-0.39, 0.29) is 21.2 Å². The lowest BCUT2D eigenvalue weighted by Crippen LogP contribution is -1.97. The minimum absolute atomic E-state index is 0.0584. The highest BCUT2D eigenvalue weighted by molar-refractivity contribution is 7.99. The molecule has 0 saturated heterocycles. The molecule has 2 aromatic rings. The number of carboxylic acid groups (broad SMARTS) is 1. The van der Waals surface area contributed by atoms with Gasteiger partial charge < -0.3 is 5.11 Å². The number of non-ortho nitro benzene ring substituents is 1. The van der Waals surface area contributed by atoms with E-state index in [0.717, 1.165) is 30.0 Å². The van der Waals surface area contributed by atoms with Crippen LogP contribution in [0.25, 0.3) is 0 Å². The highest BCUT2D eigenvalue weighted by atomic mass is 35.5. The Morgan fingerprint density at radius 3 is 2.52 bits per heavy atom. The molecule has 0 heterocycles. The molecule has 0 aliphatic rings. The van der Waals surface area contributed by atoms with Gasteiger partial charge in [0.25, 0.3) is 5.69 Å². The van der Waals surface area contributed by atoms with Crippen LogP contribution >= 0.6 is 23.4 Å². The fraction of sp³-hybridized carbons (Fsp3) is 0. The lowest BCUT2D eigenvalue weighted by atomic mass is 10.2. The van der Waals surface area contributed by atoms with Crippen LogP contribution in [0.15, 0.2) is 46.2 Å². The predicted molar refractivity (Wildman–Crippen MR) is 75.6 cm³/mol. The summed E-state index contributed by atoms with van der Waals surface area (Å²) in [7, 11) is 0. The van der Waals surface area contributed by atoms with Crippen LogP contribution in [0.4, 0.5) is 10.1 Å². The normalized spacial score (nSPS) is 10.4. The van der Waals surface area contributed by atoms with Gasteiger partial charge in [0.05, 0.1) is 15.5 Å². The second-order valence-corrected chi connectivity index (χ2v) is 5.42. The zero-order valence-corrected chi connectivity index (χ0v) is 11.8. The van der Waals surface area contributed by atoms with Gasteiger partial charge in [0.2, 0.25) is 0 Å². The summed E-state index contributed by atoms with van der Waals surface area (Å²) in [5.41, 5.74) is -0.235. The van der Waals surface area contributed by atoms with E-state index < -0.39 is 16.7 Å². The van der Waals surface area contributed by atoms with Gasteiger partial charge in [-0.3, -0.25) is 10.1 Å². The molecule has 8 heteroatoms. The van der Waals surface area contributed by atoms with E-state index in [1.54, 1.807) is 0 Å². The van der Waals surface area contributed by atoms with Crippen molar-refractivity contribution in [3.8, 4) is 0 Å². The monoisotopic (exact) mass is 327 g/mol. The number of carbonyl (C=O) groups is 1. The summed E-state index contributed by atoms with van der Waals surface area (Å²) in [5.74, 6) is -1.77. The van der Waals surface area contributed by atoms with Crippen molar-refractivity contribution in [2.45, 2.75) is 9.79 Å². The van der Waals surface area contributed by atoms with E-state index in [2.05, 4.69) is 0 Å². The molecule has 1 N–H and O–H groups in total. The number of hydrogen-bond acceptors (Lipinski definition) is 4. The van der Waals surface area contributed by atoms with Crippen molar-refractivity contribution in [3.05, 3.63) is 62.9 Å². The third-order valence-corrected chi connectivity index (χ3v) is 4.06.